The predicted octanol–water partition coefficient (Wildman–Crippen LogP) is 3.93. The molecule has 0 spiro atoms. The number of rotatable bonds is 9. The zero-order chi connectivity index (χ0) is 24.8. The van der Waals surface area contributed by atoms with Crippen molar-refractivity contribution in [2.45, 2.75) is 24.3 Å². The van der Waals surface area contributed by atoms with E-state index in [0.29, 0.717) is 42.6 Å². The molecule has 0 bridgehead atoms. The van der Waals surface area contributed by atoms with Crippen molar-refractivity contribution < 1.29 is 27.4 Å². The minimum Gasteiger partial charge on any atom is -0.497 e. The van der Waals surface area contributed by atoms with Gasteiger partial charge in [-0.3, -0.25) is 9.10 Å². The Bertz CT molecular complexity index is 1260. The number of methoxy groups -OCH3 is 1. The molecule has 0 aromatic heterocycles. The van der Waals surface area contributed by atoms with Gasteiger partial charge >= 0.3 is 0 Å². The first-order chi connectivity index (χ1) is 16.9. The summed E-state index contributed by atoms with van der Waals surface area (Å²) in [6, 6.07) is 20.0. The van der Waals surface area contributed by atoms with E-state index in [1.54, 1.807) is 43.5 Å². The number of carbonyl (C=O) groups excluding carboxylic acids is 1. The number of hydrogen-bond acceptors (Lipinski definition) is 6. The number of nitrogens with one attached hydrogen (secondary N) is 1. The van der Waals surface area contributed by atoms with Crippen LogP contribution in [-0.4, -0.2) is 41.2 Å². The minimum atomic E-state index is -4.03. The molecular formula is C26H28N2O6S. The second-order valence-electron chi connectivity index (χ2n) is 7.95. The molecule has 0 aliphatic carbocycles. The Morgan fingerprint density at radius 3 is 2.34 bits per heavy atom. The number of nitrogens with zero attached hydrogens (tertiary/aromatic N) is 1. The van der Waals surface area contributed by atoms with E-state index >= 15 is 0 Å². The summed E-state index contributed by atoms with van der Waals surface area (Å²) >= 11 is 0. The highest BCUT2D eigenvalue weighted by Crippen LogP contribution is 2.35. The van der Waals surface area contributed by atoms with E-state index in [1.807, 2.05) is 31.2 Å². The zero-order valence-corrected chi connectivity index (χ0v) is 20.5. The maximum Gasteiger partial charge on any atom is 0.264 e. The van der Waals surface area contributed by atoms with Crippen LogP contribution < -0.4 is 23.8 Å². The van der Waals surface area contributed by atoms with Gasteiger partial charge in [-0.2, -0.15) is 0 Å². The summed E-state index contributed by atoms with van der Waals surface area (Å²) in [5, 5.41) is 2.96. The second-order valence-corrected chi connectivity index (χ2v) is 9.82. The van der Waals surface area contributed by atoms with Gasteiger partial charge in [-0.15, -0.1) is 0 Å². The molecule has 9 heteroatoms. The summed E-state index contributed by atoms with van der Waals surface area (Å²) in [6.45, 7) is 2.34. The van der Waals surface area contributed by atoms with Gasteiger partial charge in [0, 0.05) is 6.07 Å². The van der Waals surface area contributed by atoms with E-state index in [4.69, 9.17) is 14.2 Å². The normalized spacial score (nSPS) is 13.5. The van der Waals surface area contributed by atoms with Crippen LogP contribution in [0.1, 0.15) is 24.9 Å². The van der Waals surface area contributed by atoms with Crippen LogP contribution in [0.5, 0.6) is 17.2 Å². The van der Waals surface area contributed by atoms with Crippen LogP contribution in [0.25, 0.3) is 0 Å². The maximum absolute atomic E-state index is 13.6. The summed E-state index contributed by atoms with van der Waals surface area (Å²) in [6.07, 6.45) is 0.632. The molecule has 0 saturated heterocycles. The van der Waals surface area contributed by atoms with Crippen molar-refractivity contribution in [2.24, 2.45) is 0 Å². The Morgan fingerprint density at radius 1 is 1.00 bits per heavy atom. The van der Waals surface area contributed by atoms with E-state index in [-0.39, 0.29) is 10.9 Å². The van der Waals surface area contributed by atoms with Crippen LogP contribution in [0.4, 0.5) is 5.69 Å². The quantitative estimate of drug-likeness (QED) is 0.483. The SMILES string of the molecule is CC[C@H](NC(=O)CN(c1ccc2c(c1)OCCO2)S(=O)(=O)c1ccccc1)c1ccc(OC)cc1. The Labute approximate surface area is 205 Å². The lowest BCUT2D eigenvalue weighted by atomic mass is 10.0. The third kappa shape index (κ3) is 5.51. The average Bonchev–Trinajstić information content (AvgIpc) is 2.90. The van der Waals surface area contributed by atoms with Crippen LogP contribution in [0, 0.1) is 0 Å². The number of ether oxygens (including phenoxy) is 3. The van der Waals surface area contributed by atoms with E-state index < -0.39 is 22.5 Å². The van der Waals surface area contributed by atoms with Gasteiger partial charge in [-0.1, -0.05) is 37.3 Å². The highest BCUT2D eigenvalue weighted by atomic mass is 32.2. The molecule has 1 atom stereocenters. The van der Waals surface area contributed by atoms with Crippen LogP contribution in [-0.2, 0) is 14.8 Å². The Morgan fingerprint density at radius 2 is 1.69 bits per heavy atom. The summed E-state index contributed by atoms with van der Waals surface area (Å²) in [4.78, 5) is 13.2. The van der Waals surface area contributed by atoms with Crippen molar-refractivity contribution in [1.29, 1.82) is 0 Å². The number of anilines is 1. The molecule has 4 rings (SSSR count). The topological polar surface area (TPSA) is 94.2 Å². The molecule has 0 saturated carbocycles. The molecule has 184 valence electrons. The van der Waals surface area contributed by atoms with Crippen LogP contribution in [0.15, 0.2) is 77.7 Å². The van der Waals surface area contributed by atoms with E-state index in [2.05, 4.69) is 5.32 Å². The van der Waals surface area contributed by atoms with Gasteiger partial charge in [-0.05, 0) is 48.4 Å². The van der Waals surface area contributed by atoms with Gasteiger partial charge < -0.3 is 19.5 Å². The van der Waals surface area contributed by atoms with Crippen LogP contribution in [0.3, 0.4) is 0 Å². The van der Waals surface area contributed by atoms with E-state index in [0.717, 1.165) is 9.87 Å². The van der Waals surface area contributed by atoms with Gasteiger partial charge in [0.15, 0.2) is 11.5 Å². The molecule has 3 aromatic carbocycles. The predicted molar refractivity (Wildman–Crippen MR) is 133 cm³/mol. The zero-order valence-electron chi connectivity index (χ0n) is 19.6. The number of sulfonamides is 1. The summed E-state index contributed by atoms with van der Waals surface area (Å²) in [5.41, 5.74) is 1.21. The standard InChI is InChI=1S/C26H28N2O6S/c1-3-23(19-9-12-21(32-2)13-10-19)27-26(29)18-28(35(30,31)22-7-5-4-6-8-22)20-11-14-24-25(17-20)34-16-15-33-24/h4-14,17,23H,3,15-16,18H2,1-2H3,(H,27,29)/t23-/m0/s1. The number of hydrogen-bond donors (Lipinski definition) is 1. The fraction of sp³-hybridized carbons (Fsp3) is 0.269. The molecule has 8 nitrogen and oxygen atoms in total. The van der Waals surface area contributed by atoms with Crippen LogP contribution >= 0.6 is 0 Å². The van der Waals surface area contributed by atoms with Crippen molar-refractivity contribution in [3.8, 4) is 17.2 Å². The van der Waals surface area contributed by atoms with Gasteiger partial charge in [0.2, 0.25) is 5.91 Å². The van der Waals surface area contributed by atoms with Gasteiger partial charge in [0.25, 0.3) is 10.0 Å². The molecule has 1 aliphatic heterocycles. The van der Waals surface area contributed by atoms with Gasteiger partial charge in [0.05, 0.1) is 23.7 Å². The lowest BCUT2D eigenvalue weighted by Gasteiger charge is -2.27. The fourth-order valence-corrected chi connectivity index (χ4v) is 5.28. The van der Waals surface area contributed by atoms with Crippen molar-refractivity contribution in [2.75, 3.05) is 31.2 Å². The molecular weight excluding hydrogens is 468 g/mol. The van der Waals surface area contributed by atoms with Crippen molar-refractivity contribution in [3.63, 3.8) is 0 Å². The van der Waals surface area contributed by atoms with E-state index in [1.165, 1.54) is 12.1 Å². The first-order valence-electron chi connectivity index (χ1n) is 11.3. The largest absolute Gasteiger partial charge is 0.497 e. The molecule has 0 unspecified atom stereocenters. The Balaban J connectivity index is 1.62. The molecule has 1 N–H and O–H groups in total. The summed E-state index contributed by atoms with van der Waals surface area (Å²) in [7, 11) is -2.44. The minimum absolute atomic E-state index is 0.0879. The Kier molecular flexibility index (Phi) is 7.45. The highest BCUT2D eigenvalue weighted by Gasteiger charge is 2.29. The maximum atomic E-state index is 13.6. The molecule has 0 radical (unpaired) electrons. The van der Waals surface area contributed by atoms with Gasteiger partial charge in [-0.25, -0.2) is 8.42 Å². The number of fused-ring (bicyclic) bond motifs is 1. The third-order valence-electron chi connectivity index (χ3n) is 5.69. The van der Waals surface area contributed by atoms with Crippen molar-refractivity contribution in [1.82, 2.24) is 5.32 Å². The molecule has 35 heavy (non-hydrogen) atoms. The van der Waals surface area contributed by atoms with E-state index in [9.17, 15) is 13.2 Å². The summed E-state index contributed by atoms with van der Waals surface area (Å²) in [5.74, 6) is 1.26. The Hall–Kier alpha value is -3.72. The van der Waals surface area contributed by atoms with Crippen LogP contribution in [0.2, 0.25) is 0 Å². The highest BCUT2D eigenvalue weighted by molar-refractivity contribution is 7.92. The first kappa shape index (κ1) is 24.4. The molecule has 3 aromatic rings. The smallest absolute Gasteiger partial charge is 0.264 e. The average molecular weight is 497 g/mol. The van der Waals surface area contributed by atoms with Gasteiger partial charge in [0.1, 0.15) is 25.5 Å². The monoisotopic (exact) mass is 496 g/mol. The van der Waals surface area contributed by atoms with Crippen molar-refractivity contribution >= 4 is 21.6 Å². The lowest BCUT2D eigenvalue weighted by Crippen LogP contribution is -2.42. The van der Waals surface area contributed by atoms with Crippen molar-refractivity contribution in [3.05, 3.63) is 78.4 Å². The molecule has 1 aliphatic rings. The number of carbonyl (C=O) groups is 1. The third-order valence-corrected chi connectivity index (χ3v) is 7.48. The lowest BCUT2D eigenvalue weighted by molar-refractivity contribution is -0.120. The molecule has 1 heterocycles. The fourth-order valence-electron chi connectivity index (χ4n) is 3.85. The first-order valence-corrected chi connectivity index (χ1v) is 12.8. The molecule has 0 fully saturated rings. The second kappa shape index (κ2) is 10.7. The summed E-state index contributed by atoms with van der Waals surface area (Å²) < 4.78 is 44.7. The number of benzene rings is 3. The number of amides is 1. The molecule has 1 amide bonds.